The van der Waals surface area contributed by atoms with E-state index in [-0.39, 0.29) is 52.1 Å². The van der Waals surface area contributed by atoms with Crippen LogP contribution in [-0.4, -0.2) is 19.9 Å². The van der Waals surface area contributed by atoms with Crippen LogP contribution in [-0.2, 0) is 21.7 Å². The van der Waals surface area contributed by atoms with Crippen LogP contribution in [0, 0.1) is 17.8 Å². The van der Waals surface area contributed by atoms with Gasteiger partial charge in [0.25, 0.3) is 0 Å². The summed E-state index contributed by atoms with van der Waals surface area (Å²) >= 11 is 0. The molecule has 5 aliphatic carbocycles. The number of hydrogen-bond acceptors (Lipinski definition) is 0. The summed E-state index contributed by atoms with van der Waals surface area (Å²) in [4.78, 5) is 0. The van der Waals surface area contributed by atoms with Crippen molar-refractivity contribution in [3.05, 3.63) is 28.1 Å². The summed E-state index contributed by atoms with van der Waals surface area (Å²) in [6.07, 6.45) is 9.86. The summed E-state index contributed by atoms with van der Waals surface area (Å²) in [6, 6.07) is 0. The van der Waals surface area contributed by atoms with Gasteiger partial charge in [-0.2, -0.15) is 0 Å². The predicted octanol–water partition coefficient (Wildman–Crippen LogP) is -0.144. The fraction of sp³-hybridized carbons (Fsp3) is 0.810. The fourth-order valence-corrected chi connectivity index (χ4v) is 10.3. The molecular formula is C21H34Cl2NSiTi. The van der Waals surface area contributed by atoms with Gasteiger partial charge in [0, 0.05) is 8.80 Å². The van der Waals surface area contributed by atoms with E-state index in [1.807, 2.05) is 0 Å². The van der Waals surface area contributed by atoms with Crippen LogP contribution in [0.5, 0.6) is 0 Å². The summed E-state index contributed by atoms with van der Waals surface area (Å²) in [5.41, 5.74) is 5.70. The van der Waals surface area contributed by atoms with Crippen molar-refractivity contribution in [2.75, 3.05) is 0 Å². The Balaban J connectivity index is 0.00000113. The molecule has 145 valence electrons. The number of halogens is 2. The molecule has 5 rings (SSSR count). The second kappa shape index (κ2) is 8.36. The van der Waals surface area contributed by atoms with E-state index in [1.165, 1.54) is 48.8 Å². The molecule has 0 aromatic heterocycles. The molecule has 0 spiro atoms. The van der Waals surface area contributed by atoms with Crippen molar-refractivity contribution in [2.45, 2.75) is 89.5 Å². The number of nitrogens with zero attached hydrogens (tertiary/aromatic N) is 1. The second-order valence-corrected chi connectivity index (χ2v) is 13.0. The van der Waals surface area contributed by atoms with Gasteiger partial charge in [-0.25, -0.2) is 0 Å². The zero-order valence-corrected chi connectivity index (χ0v) is 21.4. The normalized spacial score (nSPS) is 43.0. The summed E-state index contributed by atoms with van der Waals surface area (Å²) in [5, 5.41) is 5.78. The third-order valence-electron chi connectivity index (χ3n) is 7.94. The molecule has 4 unspecified atom stereocenters. The van der Waals surface area contributed by atoms with Crippen molar-refractivity contribution < 1.29 is 46.5 Å². The SMILES string of the molecule is CC1=CC(C)([N-]C23CC4CC(CC(C4)C2[SiH](C)C)C3)C(C)=C1C.[Cl-].[Cl-].[Ti+3]. The summed E-state index contributed by atoms with van der Waals surface area (Å²) in [5.74, 6) is 2.98. The minimum atomic E-state index is -0.681. The third kappa shape index (κ3) is 3.73. The molecule has 5 heteroatoms. The summed E-state index contributed by atoms with van der Waals surface area (Å²) in [6.45, 7) is 14.5. The molecule has 0 heterocycles. The first kappa shape index (κ1) is 25.0. The Morgan fingerprint density at radius 3 is 1.96 bits per heavy atom. The first-order valence-electron chi connectivity index (χ1n) is 9.86. The van der Waals surface area contributed by atoms with Crippen LogP contribution in [0.2, 0.25) is 18.6 Å². The first-order valence-corrected chi connectivity index (χ1v) is 12.8. The van der Waals surface area contributed by atoms with Crippen LogP contribution in [0.15, 0.2) is 22.8 Å². The number of allylic oxidation sites excluding steroid dienone is 2. The molecule has 0 amide bonds. The Morgan fingerprint density at radius 2 is 1.54 bits per heavy atom. The maximum absolute atomic E-state index is 5.78. The van der Waals surface area contributed by atoms with E-state index >= 15 is 0 Å². The Bertz CT molecular complexity index is 589. The van der Waals surface area contributed by atoms with E-state index in [9.17, 15) is 0 Å². The largest absolute Gasteiger partial charge is 3.00 e. The molecule has 0 saturated heterocycles. The van der Waals surface area contributed by atoms with Crippen molar-refractivity contribution >= 4 is 8.80 Å². The van der Waals surface area contributed by atoms with Gasteiger partial charge in [0.1, 0.15) is 0 Å². The fourth-order valence-electron chi connectivity index (χ4n) is 7.26. The third-order valence-corrected chi connectivity index (χ3v) is 10.5. The zero-order chi connectivity index (χ0) is 16.6. The molecule has 26 heavy (non-hydrogen) atoms. The zero-order valence-electron chi connectivity index (χ0n) is 17.2. The molecule has 0 aliphatic heterocycles. The average molecular weight is 447 g/mol. The quantitative estimate of drug-likeness (QED) is 0.535. The standard InChI is InChI=1S/C21H34NSi.2ClH.Ti/c1-13-10-20(4,15(3)14(13)2)22-21-11-16-7-17(12-21)9-18(8-16)19(21)23(5)6;;;/h10,16-19,23H,7-9,11-12H2,1-6H3;2*1H;/q-1;;;+3/p-2. The van der Waals surface area contributed by atoms with Gasteiger partial charge in [-0.3, -0.25) is 0 Å². The molecule has 4 atom stereocenters. The maximum Gasteiger partial charge on any atom is 3.00 e. The van der Waals surface area contributed by atoms with Gasteiger partial charge in [0.15, 0.2) is 0 Å². The Hall–Kier alpha value is 0.951. The molecule has 4 bridgehead atoms. The molecule has 4 fully saturated rings. The number of hydrogen-bond donors (Lipinski definition) is 0. The van der Waals surface area contributed by atoms with E-state index in [4.69, 9.17) is 5.32 Å². The smallest absolute Gasteiger partial charge is 1.00 e. The van der Waals surface area contributed by atoms with Gasteiger partial charge in [-0.15, -0.1) is 5.54 Å². The van der Waals surface area contributed by atoms with Crippen molar-refractivity contribution in [3.8, 4) is 0 Å². The van der Waals surface area contributed by atoms with E-state index in [1.54, 1.807) is 0 Å². The molecule has 1 nitrogen and oxygen atoms in total. The second-order valence-electron chi connectivity index (χ2n) is 9.82. The topological polar surface area (TPSA) is 14.1 Å². The molecule has 0 N–H and O–H groups in total. The van der Waals surface area contributed by atoms with Crippen molar-refractivity contribution in [1.29, 1.82) is 0 Å². The van der Waals surface area contributed by atoms with E-state index in [2.05, 4.69) is 46.9 Å². The van der Waals surface area contributed by atoms with Crippen LogP contribution in [0.3, 0.4) is 0 Å². The van der Waals surface area contributed by atoms with Crippen molar-refractivity contribution in [1.82, 2.24) is 0 Å². The van der Waals surface area contributed by atoms with Gasteiger partial charge >= 0.3 is 21.7 Å². The Morgan fingerprint density at radius 1 is 1.00 bits per heavy atom. The molecule has 5 aliphatic rings. The van der Waals surface area contributed by atoms with Crippen molar-refractivity contribution in [3.63, 3.8) is 0 Å². The Kier molecular flexibility index (Phi) is 8.04. The van der Waals surface area contributed by atoms with Crippen LogP contribution in [0.4, 0.5) is 0 Å². The molecular weight excluding hydrogens is 413 g/mol. The maximum atomic E-state index is 5.78. The van der Waals surface area contributed by atoms with Crippen LogP contribution >= 0.6 is 0 Å². The van der Waals surface area contributed by atoms with Crippen LogP contribution in [0.25, 0.3) is 5.32 Å². The van der Waals surface area contributed by atoms with Gasteiger partial charge < -0.3 is 30.1 Å². The summed E-state index contributed by atoms with van der Waals surface area (Å²) in [7, 11) is -0.681. The molecule has 0 aromatic carbocycles. The minimum Gasteiger partial charge on any atom is -1.00 e. The van der Waals surface area contributed by atoms with Gasteiger partial charge in [-0.1, -0.05) is 66.7 Å². The minimum absolute atomic E-state index is 0. The first-order chi connectivity index (χ1) is 10.7. The van der Waals surface area contributed by atoms with Gasteiger partial charge in [0.2, 0.25) is 0 Å². The van der Waals surface area contributed by atoms with E-state index < -0.39 is 8.80 Å². The number of rotatable bonds is 3. The monoisotopic (exact) mass is 446 g/mol. The van der Waals surface area contributed by atoms with Crippen molar-refractivity contribution in [2.24, 2.45) is 17.8 Å². The van der Waals surface area contributed by atoms with Crippen LogP contribution in [0.1, 0.15) is 59.8 Å². The van der Waals surface area contributed by atoms with E-state index in [0.717, 1.165) is 23.3 Å². The predicted molar refractivity (Wildman–Crippen MR) is 103 cm³/mol. The van der Waals surface area contributed by atoms with Crippen LogP contribution < -0.4 is 24.8 Å². The molecule has 0 aromatic rings. The average Bonchev–Trinajstić information content (AvgIpc) is 2.60. The summed E-state index contributed by atoms with van der Waals surface area (Å²) < 4.78 is 0. The Labute approximate surface area is 189 Å². The van der Waals surface area contributed by atoms with Gasteiger partial charge in [-0.05, 0) is 57.8 Å². The molecule has 4 saturated carbocycles. The van der Waals surface area contributed by atoms with E-state index in [0.29, 0.717) is 5.54 Å². The van der Waals surface area contributed by atoms with Gasteiger partial charge in [0.05, 0.1) is 0 Å². The molecule has 1 radical (unpaired) electrons.